The maximum atomic E-state index is 11.3. The first-order chi connectivity index (χ1) is 7.22. The van der Waals surface area contributed by atoms with Crippen molar-refractivity contribution in [2.75, 3.05) is 12.8 Å². The van der Waals surface area contributed by atoms with Gasteiger partial charge in [0.1, 0.15) is 0 Å². The van der Waals surface area contributed by atoms with Crippen LogP contribution in [-0.4, -0.2) is 23.6 Å². The van der Waals surface area contributed by atoms with Crippen molar-refractivity contribution in [1.29, 1.82) is 0 Å². The molecule has 0 atom stereocenters. The van der Waals surface area contributed by atoms with Crippen LogP contribution in [0.15, 0.2) is 11.1 Å². The van der Waals surface area contributed by atoms with Crippen molar-refractivity contribution >= 4 is 33.9 Å². The van der Waals surface area contributed by atoms with Crippen LogP contribution in [0.5, 0.6) is 0 Å². The van der Waals surface area contributed by atoms with Gasteiger partial charge in [0.2, 0.25) is 0 Å². The quantitative estimate of drug-likeness (QED) is 0.705. The van der Waals surface area contributed by atoms with Gasteiger partial charge in [-0.25, -0.2) is 0 Å². The molecule has 1 aromatic rings. The van der Waals surface area contributed by atoms with Crippen molar-refractivity contribution in [3.63, 3.8) is 0 Å². The van der Waals surface area contributed by atoms with Crippen molar-refractivity contribution in [2.24, 2.45) is 4.99 Å². The number of fused-ring (bicyclic) bond motifs is 1. The topological polar surface area (TPSA) is 29.4 Å². The first-order valence-corrected chi connectivity index (χ1v) is 6.99. The van der Waals surface area contributed by atoms with E-state index in [1.807, 2.05) is 12.3 Å². The van der Waals surface area contributed by atoms with Gasteiger partial charge in [-0.2, -0.15) is 0 Å². The third kappa shape index (κ3) is 2.16. The predicted molar refractivity (Wildman–Crippen MR) is 67.6 cm³/mol. The van der Waals surface area contributed by atoms with E-state index in [-0.39, 0.29) is 5.78 Å². The predicted octanol–water partition coefficient (Wildman–Crippen LogP) is 3.01. The van der Waals surface area contributed by atoms with E-state index < -0.39 is 0 Å². The molecule has 0 fully saturated rings. The van der Waals surface area contributed by atoms with Crippen molar-refractivity contribution in [1.82, 2.24) is 0 Å². The highest BCUT2D eigenvalue weighted by atomic mass is 32.2. The highest BCUT2D eigenvalue weighted by Crippen LogP contribution is 2.29. The number of hydrogen-bond donors (Lipinski definition) is 0. The second-order valence-corrected chi connectivity index (χ2v) is 5.43. The second kappa shape index (κ2) is 4.49. The Bertz CT molecular complexity index is 420. The van der Waals surface area contributed by atoms with E-state index >= 15 is 0 Å². The SMILES string of the molecule is CSC1=NCCCc2sc(C(C)=O)cc21. The normalized spacial score (nSPS) is 15.5. The summed E-state index contributed by atoms with van der Waals surface area (Å²) >= 11 is 3.30. The minimum Gasteiger partial charge on any atom is -0.294 e. The molecular weight excluding hydrogens is 226 g/mol. The molecule has 2 heterocycles. The summed E-state index contributed by atoms with van der Waals surface area (Å²) < 4.78 is 0. The maximum absolute atomic E-state index is 11.3. The molecule has 0 aromatic carbocycles. The van der Waals surface area contributed by atoms with E-state index in [2.05, 4.69) is 4.99 Å². The number of aryl methyl sites for hydroxylation is 1. The van der Waals surface area contributed by atoms with Gasteiger partial charge >= 0.3 is 0 Å². The molecule has 0 bridgehead atoms. The summed E-state index contributed by atoms with van der Waals surface area (Å²) in [5.41, 5.74) is 1.19. The lowest BCUT2D eigenvalue weighted by molar-refractivity contribution is 0.102. The second-order valence-electron chi connectivity index (χ2n) is 3.50. The van der Waals surface area contributed by atoms with Gasteiger partial charge in [-0.15, -0.1) is 23.1 Å². The highest BCUT2D eigenvalue weighted by Gasteiger charge is 2.17. The lowest BCUT2D eigenvalue weighted by Gasteiger charge is -1.98. The average molecular weight is 239 g/mol. The number of rotatable bonds is 1. The summed E-state index contributed by atoms with van der Waals surface area (Å²) in [7, 11) is 0. The molecule has 0 aliphatic carbocycles. The van der Waals surface area contributed by atoms with Gasteiger partial charge in [0.05, 0.1) is 9.92 Å². The first kappa shape index (κ1) is 10.9. The highest BCUT2D eigenvalue weighted by molar-refractivity contribution is 8.13. The van der Waals surface area contributed by atoms with Crippen LogP contribution in [-0.2, 0) is 6.42 Å². The molecule has 0 radical (unpaired) electrons. The number of hydrogen-bond acceptors (Lipinski definition) is 4. The smallest absolute Gasteiger partial charge is 0.169 e. The number of carbonyl (C=O) groups excluding carboxylic acids is 1. The Kier molecular flexibility index (Phi) is 3.26. The lowest BCUT2D eigenvalue weighted by atomic mass is 10.2. The van der Waals surface area contributed by atoms with Crippen molar-refractivity contribution in [3.05, 3.63) is 21.4 Å². The van der Waals surface area contributed by atoms with Gasteiger partial charge in [0.25, 0.3) is 0 Å². The van der Waals surface area contributed by atoms with Crippen molar-refractivity contribution in [2.45, 2.75) is 19.8 Å². The molecule has 0 saturated carbocycles. The first-order valence-electron chi connectivity index (χ1n) is 4.95. The Morgan fingerprint density at radius 3 is 3.07 bits per heavy atom. The molecule has 2 nitrogen and oxygen atoms in total. The summed E-state index contributed by atoms with van der Waals surface area (Å²) in [4.78, 5) is 18.0. The van der Waals surface area contributed by atoms with Crippen LogP contribution < -0.4 is 0 Å². The van der Waals surface area contributed by atoms with Gasteiger partial charge in [-0.05, 0) is 32.1 Å². The van der Waals surface area contributed by atoms with Gasteiger partial charge in [0.15, 0.2) is 5.78 Å². The van der Waals surface area contributed by atoms with E-state index in [0.717, 1.165) is 29.3 Å². The van der Waals surface area contributed by atoms with E-state index in [4.69, 9.17) is 0 Å². The minimum atomic E-state index is 0.161. The Morgan fingerprint density at radius 1 is 1.60 bits per heavy atom. The molecule has 1 aromatic heterocycles. The van der Waals surface area contributed by atoms with Crippen LogP contribution in [0.4, 0.5) is 0 Å². The van der Waals surface area contributed by atoms with Crippen LogP contribution in [0.25, 0.3) is 0 Å². The Morgan fingerprint density at radius 2 is 2.40 bits per heavy atom. The third-order valence-electron chi connectivity index (χ3n) is 2.40. The maximum Gasteiger partial charge on any atom is 0.169 e. The number of thioether (sulfide) groups is 1. The molecule has 0 N–H and O–H groups in total. The van der Waals surface area contributed by atoms with Crippen LogP contribution >= 0.6 is 23.1 Å². The molecule has 80 valence electrons. The molecule has 0 spiro atoms. The molecular formula is C11H13NOS2. The Labute approximate surface area is 97.8 Å². The Hall–Kier alpha value is -0.610. The summed E-state index contributed by atoms with van der Waals surface area (Å²) in [6.07, 6.45) is 4.19. The minimum absolute atomic E-state index is 0.161. The fourth-order valence-electron chi connectivity index (χ4n) is 1.65. The number of Topliss-reactive ketones (excluding diaryl/α,β-unsaturated/α-hetero) is 1. The van der Waals surface area contributed by atoms with Gasteiger partial charge in [-0.3, -0.25) is 9.79 Å². The van der Waals surface area contributed by atoms with E-state index in [9.17, 15) is 4.79 Å². The molecule has 0 amide bonds. The molecule has 4 heteroatoms. The number of aliphatic imine (C=N–C) groups is 1. The van der Waals surface area contributed by atoms with Gasteiger partial charge < -0.3 is 0 Å². The summed E-state index contributed by atoms with van der Waals surface area (Å²) in [5.74, 6) is 0.161. The van der Waals surface area contributed by atoms with Crippen LogP contribution in [0, 0.1) is 0 Å². The summed E-state index contributed by atoms with van der Waals surface area (Å²) in [5, 5.41) is 1.09. The van der Waals surface area contributed by atoms with Crippen LogP contribution in [0.3, 0.4) is 0 Å². The lowest BCUT2D eigenvalue weighted by Crippen LogP contribution is -1.94. The molecule has 15 heavy (non-hydrogen) atoms. The standard InChI is InChI=1S/C11H13NOS2/c1-7(13)10-6-8-9(15-10)4-3-5-12-11(8)14-2/h6H,3-5H2,1-2H3. The zero-order valence-electron chi connectivity index (χ0n) is 8.87. The van der Waals surface area contributed by atoms with E-state index in [0.29, 0.717) is 0 Å². The van der Waals surface area contributed by atoms with E-state index in [1.165, 1.54) is 10.4 Å². The number of thiophene rings is 1. The zero-order valence-corrected chi connectivity index (χ0v) is 10.5. The fraction of sp³-hybridized carbons (Fsp3) is 0.455. The van der Waals surface area contributed by atoms with Crippen LogP contribution in [0.2, 0.25) is 0 Å². The molecule has 2 rings (SSSR count). The molecule has 1 aliphatic heterocycles. The van der Waals surface area contributed by atoms with Gasteiger partial charge in [0, 0.05) is 17.0 Å². The summed E-state index contributed by atoms with van der Waals surface area (Å²) in [6.45, 7) is 2.54. The van der Waals surface area contributed by atoms with E-state index in [1.54, 1.807) is 30.0 Å². The molecule has 0 unspecified atom stereocenters. The van der Waals surface area contributed by atoms with Crippen LogP contribution in [0.1, 0.15) is 33.5 Å². The van der Waals surface area contributed by atoms with Crippen molar-refractivity contribution < 1.29 is 4.79 Å². The van der Waals surface area contributed by atoms with Gasteiger partial charge in [-0.1, -0.05) is 0 Å². The zero-order chi connectivity index (χ0) is 10.8. The average Bonchev–Trinajstić information content (AvgIpc) is 2.54. The number of carbonyl (C=O) groups is 1. The molecule has 0 saturated heterocycles. The third-order valence-corrected chi connectivity index (χ3v) is 4.43. The molecule has 1 aliphatic rings. The fourth-order valence-corrected chi connectivity index (χ4v) is 3.43. The number of nitrogens with zero attached hydrogens (tertiary/aromatic N) is 1. The summed E-state index contributed by atoms with van der Waals surface area (Å²) in [6, 6.07) is 2.00. The largest absolute Gasteiger partial charge is 0.294 e. The monoisotopic (exact) mass is 239 g/mol. The van der Waals surface area contributed by atoms with Crippen molar-refractivity contribution in [3.8, 4) is 0 Å². The number of ketones is 1. The Balaban J connectivity index is 2.47.